The minimum absolute atomic E-state index is 0.259. The number of fused-ring (bicyclic) bond motifs is 1. The quantitative estimate of drug-likeness (QED) is 0.460. The number of halogens is 2. The van der Waals surface area contributed by atoms with Crippen molar-refractivity contribution < 1.29 is 4.39 Å². The van der Waals surface area contributed by atoms with Gasteiger partial charge in [-0.3, -0.25) is 4.98 Å². The number of pyridine rings is 1. The van der Waals surface area contributed by atoms with Gasteiger partial charge in [0.25, 0.3) is 0 Å². The summed E-state index contributed by atoms with van der Waals surface area (Å²) in [7, 11) is 0. The van der Waals surface area contributed by atoms with Gasteiger partial charge in [-0.05, 0) is 79.5 Å². The van der Waals surface area contributed by atoms with Gasteiger partial charge in [0.1, 0.15) is 5.82 Å². The molecule has 2 aromatic carbocycles. The minimum atomic E-state index is -0.259. The summed E-state index contributed by atoms with van der Waals surface area (Å²) in [4.78, 5) is 5.72. The molecule has 0 saturated heterocycles. The molecule has 2 heterocycles. The van der Waals surface area contributed by atoms with E-state index in [1.54, 1.807) is 30.1 Å². The lowest BCUT2D eigenvalue weighted by atomic mass is 10.0. The van der Waals surface area contributed by atoms with Crippen LogP contribution < -0.4 is 5.32 Å². The molecule has 0 spiro atoms. The lowest BCUT2D eigenvalue weighted by molar-refractivity contribution is 0.627. The summed E-state index contributed by atoms with van der Waals surface area (Å²) in [6.07, 6.45) is 3.83. The molecule has 0 atom stereocenters. The fourth-order valence-corrected chi connectivity index (χ4v) is 4.69. The fourth-order valence-electron chi connectivity index (χ4n) is 3.27. The highest BCUT2D eigenvalue weighted by Crippen LogP contribution is 2.35. The highest BCUT2D eigenvalue weighted by molar-refractivity contribution is 7.98. The maximum Gasteiger partial charge on any atom is 0.123 e. The number of nitrogens with zero attached hydrogens (tertiary/aromatic N) is 1. The highest BCUT2D eigenvalue weighted by atomic mass is 35.5. The molecule has 1 aromatic heterocycles. The molecular formula is C24H20ClFN2S. The molecule has 0 bridgehead atoms. The highest BCUT2D eigenvalue weighted by Gasteiger charge is 2.15. The molecule has 0 fully saturated rings. The van der Waals surface area contributed by atoms with Gasteiger partial charge < -0.3 is 5.32 Å². The number of nitrogens with one attached hydrogen (secondary N) is 1. The second kappa shape index (κ2) is 9.45. The van der Waals surface area contributed by atoms with Crippen molar-refractivity contribution in [2.24, 2.45) is 0 Å². The largest absolute Gasteiger partial charge is 0.316 e. The zero-order valence-electron chi connectivity index (χ0n) is 15.8. The molecule has 0 radical (unpaired) electrons. The van der Waals surface area contributed by atoms with E-state index in [0.717, 1.165) is 53.5 Å². The van der Waals surface area contributed by atoms with Crippen molar-refractivity contribution in [1.82, 2.24) is 10.3 Å². The first-order valence-corrected chi connectivity index (χ1v) is 10.9. The van der Waals surface area contributed by atoms with Gasteiger partial charge in [-0.25, -0.2) is 4.39 Å². The summed E-state index contributed by atoms with van der Waals surface area (Å²) in [6, 6.07) is 14.3. The Morgan fingerprint density at radius 1 is 0.966 bits per heavy atom. The van der Waals surface area contributed by atoms with E-state index in [1.807, 2.05) is 18.2 Å². The molecule has 3 aromatic rings. The van der Waals surface area contributed by atoms with Crippen LogP contribution >= 0.6 is 23.4 Å². The van der Waals surface area contributed by atoms with E-state index in [4.69, 9.17) is 11.6 Å². The Kier molecular flexibility index (Phi) is 6.51. The number of hydrogen-bond donors (Lipinski definition) is 1. The van der Waals surface area contributed by atoms with Crippen LogP contribution in [0.2, 0.25) is 5.02 Å². The molecule has 2 nitrogen and oxygen atoms in total. The van der Waals surface area contributed by atoms with E-state index in [9.17, 15) is 4.39 Å². The molecular weight excluding hydrogens is 403 g/mol. The first kappa shape index (κ1) is 20.0. The Hall–Kier alpha value is -2.32. The van der Waals surface area contributed by atoms with Gasteiger partial charge in [0, 0.05) is 28.0 Å². The predicted octanol–water partition coefficient (Wildman–Crippen LogP) is 5.25. The van der Waals surface area contributed by atoms with Gasteiger partial charge in [-0.2, -0.15) is 0 Å². The van der Waals surface area contributed by atoms with Crippen LogP contribution in [0.5, 0.6) is 0 Å². The minimum Gasteiger partial charge on any atom is -0.316 e. The standard InChI is InChI=1S/C24H20ClFN2S/c25-23-10-6-19-11-13-27-14-12-22(19)24(23)29-16-21-9-5-18(15-28-21)2-1-17-3-7-20(26)8-4-17/h3-10,15,27H,11-14,16H2. The Balaban J connectivity index is 1.44. The monoisotopic (exact) mass is 422 g/mol. The van der Waals surface area contributed by atoms with Gasteiger partial charge in [0.15, 0.2) is 0 Å². The van der Waals surface area contributed by atoms with Crippen LogP contribution in [0.25, 0.3) is 0 Å². The Morgan fingerprint density at radius 2 is 1.72 bits per heavy atom. The van der Waals surface area contributed by atoms with Gasteiger partial charge in [0.05, 0.1) is 10.7 Å². The van der Waals surface area contributed by atoms with Gasteiger partial charge in [-0.15, -0.1) is 11.8 Å². The van der Waals surface area contributed by atoms with Crippen molar-refractivity contribution in [2.45, 2.75) is 23.5 Å². The molecule has 146 valence electrons. The Labute approximate surface area is 179 Å². The lowest BCUT2D eigenvalue weighted by Crippen LogP contribution is -2.16. The summed E-state index contributed by atoms with van der Waals surface area (Å²) in [6.45, 7) is 2.00. The van der Waals surface area contributed by atoms with Crippen LogP contribution in [0.15, 0.2) is 59.6 Å². The van der Waals surface area contributed by atoms with Crippen molar-refractivity contribution in [3.05, 3.63) is 93.5 Å². The zero-order valence-corrected chi connectivity index (χ0v) is 17.4. The summed E-state index contributed by atoms with van der Waals surface area (Å²) in [5.41, 5.74) is 5.36. The lowest BCUT2D eigenvalue weighted by Gasteiger charge is -2.13. The van der Waals surface area contributed by atoms with Crippen LogP contribution in [-0.4, -0.2) is 18.1 Å². The number of rotatable bonds is 3. The second-order valence-corrected chi connectivity index (χ2v) is 8.24. The smallest absolute Gasteiger partial charge is 0.123 e. The summed E-state index contributed by atoms with van der Waals surface area (Å²) in [5.74, 6) is 6.60. The first-order valence-electron chi connectivity index (χ1n) is 9.55. The molecule has 1 aliphatic heterocycles. The van der Waals surface area contributed by atoms with E-state index in [1.165, 1.54) is 28.2 Å². The van der Waals surface area contributed by atoms with E-state index < -0.39 is 0 Å². The molecule has 29 heavy (non-hydrogen) atoms. The van der Waals surface area contributed by atoms with Gasteiger partial charge >= 0.3 is 0 Å². The van der Waals surface area contributed by atoms with Gasteiger partial charge in [-0.1, -0.05) is 29.5 Å². The number of hydrogen-bond acceptors (Lipinski definition) is 3. The maximum atomic E-state index is 13.0. The summed E-state index contributed by atoms with van der Waals surface area (Å²) < 4.78 is 13.0. The van der Waals surface area contributed by atoms with Crippen molar-refractivity contribution >= 4 is 23.4 Å². The van der Waals surface area contributed by atoms with Crippen molar-refractivity contribution in [2.75, 3.05) is 13.1 Å². The first-order chi connectivity index (χ1) is 14.2. The van der Waals surface area contributed by atoms with Crippen LogP contribution in [0.4, 0.5) is 4.39 Å². The van der Waals surface area contributed by atoms with Crippen LogP contribution in [-0.2, 0) is 18.6 Å². The van der Waals surface area contributed by atoms with Crippen molar-refractivity contribution in [1.29, 1.82) is 0 Å². The van der Waals surface area contributed by atoms with Crippen molar-refractivity contribution in [3.8, 4) is 11.8 Å². The molecule has 0 unspecified atom stereocenters. The molecule has 0 saturated carbocycles. The molecule has 1 aliphatic rings. The molecule has 5 heteroatoms. The molecule has 1 N–H and O–H groups in total. The SMILES string of the molecule is Fc1ccc(C#Cc2ccc(CSc3c(Cl)ccc4c3CCNCC4)nc2)cc1. The Morgan fingerprint density at radius 3 is 2.52 bits per heavy atom. The van der Waals surface area contributed by atoms with E-state index in [2.05, 4.69) is 28.2 Å². The van der Waals surface area contributed by atoms with Gasteiger partial charge in [0.2, 0.25) is 0 Å². The molecule has 0 aliphatic carbocycles. The zero-order chi connectivity index (χ0) is 20.1. The average molecular weight is 423 g/mol. The summed E-state index contributed by atoms with van der Waals surface area (Å²) in [5, 5.41) is 4.27. The maximum absolute atomic E-state index is 13.0. The van der Waals surface area contributed by atoms with Crippen LogP contribution in [0.1, 0.15) is 27.9 Å². The number of benzene rings is 2. The number of aromatic nitrogens is 1. The van der Waals surface area contributed by atoms with Crippen LogP contribution in [0, 0.1) is 17.7 Å². The topological polar surface area (TPSA) is 24.9 Å². The third kappa shape index (κ3) is 5.19. The summed E-state index contributed by atoms with van der Waals surface area (Å²) >= 11 is 8.26. The van der Waals surface area contributed by atoms with Crippen LogP contribution in [0.3, 0.4) is 0 Å². The normalized spacial score (nSPS) is 13.2. The number of thioether (sulfide) groups is 1. The average Bonchev–Trinajstić information content (AvgIpc) is 2.99. The third-order valence-electron chi connectivity index (χ3n) is 4.82. The molecule has 0 amide bonds. The second-order valence-electron chi connectivity index (χ2n) is 6.85. The van der Waals surface area contributed by atoms with E-state index in [-0.39, 0.29) is 5.82 Å². The van der Waals surface area contributed by atoms with E-state index >= 15 is 0 Å². The molecule has 4 rings (SSSR count). The predicted molar refractivity (Wildman–Crippen MR) is 118 cm³/mol. The Bertz CT molecular complexity index is 1050. The van der Waals surface area contributed by atoms with E-state index in [0.29, 0.717) is 0 Å². The third-order valence-corrected chi connectivity index (χ3v) is 6.44. The fraction of sp³-hybridized carbons (Fsp3) is 0.208. The van der Waals surface area contributed by atoms with Crippen molar-refractivity contribution in [3.63, 3.8) is 0 Å².